The average Bonchev–Trinajstić information content (AvgIpc) is 2.17. The van der Waals surface area contributed by atoms with E-state index in [4.69, 9.17) is 22.0 Å². The lowest BCUT2D eigenvalue weighted by atomic mass is 10.2. The molecule has 1 aromatic rings. The molecule has 0 radical (unpaired) electrons. The highest BCUT2D eigenvalue weighted by atomic mass is 35.5. The number of carbonyl (C=O) groups is 1. The Morgan fingerprint density at radius 2 is 2.25 bits per heavy atom. The van der Waals surface area contributed by atoms with Gasteiger partial charge in [-0.2, -0.15) is 5.26 Å². The summed E-state index contributed by atoms with van der Waals surface area (Å²) in [4.78, 5) is 11.5. The van der Waals surface area contributed by atoms with Crippen molar-refractivity contribution in [2.24, 2.45) is 0 Å². The molecule has 0 atom stereocenters. The number of aliphatic hydroxyl groups is 1. The first-order valence-electron chi connectivity index (χ1n) is 4.41. The van der Waals surface area contributed by atoms with Gasteiger partial charge in [-0.25, -0.2) is 0 Å². The molecule has 1 amide bonds. The van der Waals surface area contributed by atoms with E-state index in [1.54, 1.807) is 30.3 Å². The van der Waals surface area contributed by atoms with Gasteiger partial charge in [-0.05, 0) is 25.1 Å². The fraction of sp³-hybridized carbons (Fsp3) is 0.0909. The van der Waals surface area contributed by atoms with Crippen LogP contribution in [-0.2, 0) is 4.79 Å². The molecule has 5 heteroatoms. The Balaban J connectivity index is 2.88. The Morgan fingerprint density at radius 3 is 2.75 bits per heavy atom. The fourth-order valence-electron chi connectivity index (χ4n) is 1.06. The van der Waals surface area contributed by atoms with E-state index in [1.165, 1.54) is 6.92 Å². The molecule has 16 heavy (non-hydrogen) atoms. The van der Waals surface area contributed by atoms with Crippen LogP contribution in [0.5, 0.6) is 0 Å². The van der Waals surface area contributed by atoms with Crippen LogP contribution in [0.2, 0.25) is 5.02 Å². The van der Waals surface area contributed by atoms with Crippen molar-refractivity contribution >= 4 is 23.2 Å². The fourth-order valence-corrected chi connectivity index (χ4v) is 1.25. The van der Waals surface area contributed by atoms with Gasteiger partial charge in [-0.15, -0.1) is 0 Å². The number of aliphatic hydroxyl groups excluding tert-OH is 1. The number of nitrogens with one attached hydrogen (secondary N) is 1. The zero-order chi connectivity index (χ0) is 12.1. The minimum absolute atomic E-state index is 0.318. The van der Waals surface area contributed by atoms with Gasteiger partial charge in [-0.1, -0.05) is 17.7 Å². The SMILES string of the molecule is C/C(O)=C(/C#N)C(=O)Nc1cccc(Cl)c1. The number of hydrogen-bond donors (Lipinski definition) is 2. The highest BCUT2D eigenvalue weighted by Gasteiger charge is 2.12. The minimum atomic E-state index is -0.662. The molecule has 0 aliphatic rings. The molecule has 0 bridgehead atoms. The summed E-state index contributed by atoms with van der Waals surface area (Å²) in [5.74, 6) is -0.980. The van der Waals surface area contributed by atoms with E-state index in [-0.39, 0.29) is 11.3 Å². The maximum absolute atomic E-state index is 11.5. The van der Waals surface area contributed by atoms with Crippen LogP contribution >= 0.6 is 11.6 Å². The molecule has 0 aromatic heterocycles. The number of nitrogens with zero attached hydrogens (tertiary/aromatic N) is 1. The second-order valence-corrected chi connectivity index (χ2v) is 3.47. The van der Waals surface area contributed by atoms with Crippen LogP contribution in [0.3, 0.4) is 0 Å². The molecule has 0 heterocycles. The summed E-state index contributed by atoms with van der Waals surface area (Å²) < 4.78 is 0. The van der Waals surface area contributed by atoms with Gasteiger partial charge in [-0.3, -0.25) is 4.79 Å². The molecule has 0 fully saturated rings. The third-order valence-corrected chi connectivity index (χ3v) is 2.02. The predicted octanol–water partition coefficient (Wildman–Crippen LogP) is 2.63. The summed E-state index contributed by atoms with van der Waals surface area (Å²) in [7, 11) is 0. The van der Waals surface area contributed by atoms with E-state index in [9.17, 15) is 4.79 Å². The van der Waals surface area contributed by atoms with Crippen molar-refractivity contribution in [2.45, 2.75) is 6.92 Å². The topological polar surface area (TPSA) is 73.1 Å². The van der Waals surface area contributed by atoms with Gasteiger partial charge in [0.1, 0.15) is 11.8 Å². The summed E-state index contributed by atoms with van der Waals surface area (Å²) in [6.07, 6.45) is 0. The van der Waals surface area contributed by atoms with Gasteiger partial charge in [0.25, 0.3) is 5.91 Å². The van der Waals surface area contributed by atoms with Crippen molar-refractivity contribution in [3.8, 4) is 6.07 Å². The number of hydrogen-bond acceptors (Lipinski definition) is 3. The van der Waals surface area contributed by atoms with Crippen LogP contribution < -0.4 is 5.32 Å². The second-order valence-electron chi connectivity index (χ2n) is 3.04. The zero-order valence-electron chi connectivity index (χ0n) is 8.49. The normalized spacial score (nSPS) is 11.3. The van der Waals surface area contributed by atoms with Crippen LogP contribution in [0.25, 0.3) is 0 Å². The maximum atomic E-state index is 11.5. The number of amides is 1. The first-order chi connectivity index (χ1) is 7.54. The summed E-state index contributed by atoms with van der Waals surface area (Å²) >= 11 is 5.73. The summed E-state index contributed by atoms with van der Waals surface area (Å²) in [5, 5.41) is 20.7. The molecule has 1 rings (SSSR count). The standard InChI is InChI=1S/C11H9ClN2O2/c1-7(15)10(6-13)11(16)14-9-4-2-3-8(12)5-9/h2-5,15H,1H3,(H,14,16)/b10-7+. The molecule has 0 saturated carbocycles. The molecule has 0 saturated heterocycles. The summed E-state index contributed by atoms with van der Waals surface area (Å²) in [6, 6.07) is 8.12. The molecule has 82 valence electrons. The van der Waals surface area contributed by atoms with Gasteiger partial charge in [0, 0.05) is 10.7 Å². The number of rotatable bonds is 2. The Hall–Kier alpha value is -1.99. The highest BCUT2D eigenvalue weighted by molar-refractivity contribution is 6.31. The van der Waals surface area contributed by atoms with Crippen molar-refractivity contribution in [3.05, 3.63) is 40.6 Å². The van der Waals surface area contributed by atoms with E-state index >= 15 is 0 Å². The summed E-state index contributed by atoms with van der Waals surface area (Å²) in [6.45, 7) is 1.27. The second kappa shape index (κ2) is 5.19. The van der Waals surface area contributed by atoms with E-state index in [0.29, 0.717) is 10.7 Å². The van der Waals surface area contributed by atoms with E-state index < -0.39 is 5.91 Å². The number of allylic oxidation sites excluding steroid dienone is 1. The van der Waals surface area contributed by atoms with Crippen molar-refractivity contribution in [1.82, 2.24) is 0 Å². The smallest absolute Gasteiger partial charge is 0.269 e. The van der Waals surface area contributed by atoms with Crippen LogP contribution in [-0.4, -0.2) is 11.0 Å². The first kappa shape index (κ1) is 12.1. The molecular weight excluding hydrogens is 228 g/mol. The Morgan fingerprint density at radius 1 is 1.56 bits per heavy atom. The molecule has 1 aromatic carbocycles. The third-order valence-electron chi connectivity index (χ3n) is 1.78. The van der Waals surface area contributed by atoms with E-state index in [2.05, 4.69) is 5.32 Å². The van der Waals surface area contributed by atoms with Crippen molar-refractivity contribution in [3.63, 3.8) is 0 Å². The van der Waals surface area contributed by atoms with E-state index in [0.717, 1.165) is 0 Å². The molecule has 0 aliphatic carbocycles. The number of carbonyl (C=O) groups excluding carboxylic acids is 1. The van der Waals surface area contributed by atoms with Crippen molar-refractivity contribution < 1.29 is 9.90 Å². The zero-order valence-corrected chi connectivity index (χ0v) is 9.25. The third kappa shape index (κ3) is 3.01. The van der Waals surface area contributed by atoms with Gasteiger partial charge in [0.2, 0.25) is 0 Å². The lowest BCUT2D eigenvalue weighted by Crippen LogP contribution is -2.14. The average molecular weight is 237 g/mol. The molecule has 2 N–H and O–H groups in total. The number of anilines is 1. The molecule has 0 spiro atoms. The number of benzene rings is 1. The molecule has 0 aliphatic heterocycles. The molecule has 0 unspecified atom stereocenters. The molecular formula is C11H9ClN2O2. The monoisotopic (exact) mass is 236 g/mol. The van der Waals surface area contributed by atoms with Crippen LogP contribution in [0.15, 0.2) is 35.6 Å². The number of halogens is 1. The quantitative estimate of drug-likeness (QED) is 0.471. The van der Waals surface area contributed by atoms with Gasteiger partial charge in [0.15, 0.2) is 5.57 Å². The number of nitriles is 1. The lowest BCUT2D eigenvalue weighted by Gasteiger charge is -2.04. The Kier molecular flexibility index (Phi) is 3.92. The van der Waals surface area contributed by atoms with Gasteiger partial charge < -0.3 is 10.4 Å². The maximum Gasteiger partial charge on any atom is 0.269 e. The van der Waals surface area contributed by atoms with Crippen molar-refractivity contribution in [1.29, 1.82) is 5.26 Å². The van der Waals surface area contributed by atoms with Crippen LogP contribution in [0.4, 0.5) is 5.69 Å². The Labute approximate surface area is 97.8 Å². The largest absolute Gasteiger partial charge is 0.511 e. The van der Waals surface area contributed by atoms with Crippen LogP contribution in [0.1, 0.15) is 6.92 Å². The highest BCUT2D eigenvalue weighted by Crippen LogP contribution is 2.15. The van der Waals surface area contributed by atoms with Gasteiger partial charge in [0.05, 0.1) is 0 Å². The predicted molar refractivity (Wildman–Crippen MR) is 61.0 cm³/mol. The summed E-state index contributed by atoms with van der Waals surface area (Å²) in [5.41, 5.74) is 0.145. The lowest BCUT2D eigenvalue weighted by molar-refractivity contribution is -0.112. The minimum Gasteiger partial charge on any atom is -0.511 e. The first-order valence-corrected chi connectivity index (χ1v) is 4.79. The van der Waals surface area contributed by atoms with Crippen LogP contribution in [0, 0.1) is 11.3 Å². The van der Waals surface area contributed by atoms with E-state index in [1.807, 2.05) is 0 Å². The van der Waals surface area contributed by atoms with Gasteiger partial charge >= 0.3 is 0 Å². The Bertz CT molecular complexity index is 485. The molecule has 4 nitrogen and oxygen atoms in total. The van der Waals surface area contributed by atoms with Crippen molar-refractivity contribution in [2.75, 3.05) is 5.32 Å².